The molecule has 2 nitrogen and oxygen atoms in total. The van der Waals surface area contributed by atoms with Gasteiger partial charge in [-0.15, -0.1) is 0 Å². The summed E-state index contributed by atoms with van der Waals surface area (Å²) in [7, 11) is -1.54. The van der Waals surface area contributed by atoms with Crippen LogP contribution in [0.15, 0.2) is 60.7 Å². The van der Waals surface area contributed by atoms with Crippen molar-refractivity contribution in [1.82, 2.24) is 0 Å². The van der Waals surface area contributed by atoms with E-state index in [0.717, 1.165) is 5.69 Å². The minimum atomic E-state index is -1.54. The average molecular weight is 214 g/mol. The van der Waals surface area contributed by atoms with Crippen LogP contribution in [-0.2, 0) is 0 Å². The zero-order valence-electron chi connectivity index (χ0n) is 8.43. The van der Waals surface area contributed by atoms with Crippen LogP contribution in [0.3, 0.4) is 0 Å². The van der Waals surface area contributed by atoms with Gasteiger partial charge in [0.1, 0.15) is 0 Å². The topological polar surface area (TPSA) is 38.0 Å². The molecule has 0 heterocycles. The molecule has 3 heteroatoms. The van der Waals surface area contributed by atoms with Gasteiger partial charge >= 0.3 is 0 Å². The van der Waals surface area contributed by atoms with E-state index < -0.39 is 9.12 Å². The van der Waals surface area contributed by atoms with Crippen molar-refractivity contribution in [3.05, 3.63) is 60.7 Å². The average Bonchev–Trinajstić information content (AvgIpc) is 2.31. The Balaban J connectivity index is 2.08. The molecule has 0 aliphatic rings. The molecular formula is C12H14N2Si. The van der Waals surface area contributed by atoms with E-state index in [-0.39, 0.29) is 0 Å². The van der Waals surface area contributed by atoms with E-state index in [1.807, 2.05) is 48.5 Å². The van der Waals surface area contributed by atoms with Crippen LogP contribution in [0.2, 0.25) is 0 Å². The van der Waals surface area contributed by atoms with Gasteiger partial charge in [0.25, 0.3) is 0 Å². The van der Waals surface area contributed by atoms with Crippen molar-refractivity contribution >= 4 is 20.0 Å². The van der Waals surface area contributed by atoms with Crippen LogP contribution in [0, 0.1) is 0 Å². The molecule has 0 amide bonds. The number of hydrogen-bond donors (Lipinski definition) is 2. The summed E-state index contributed by atoms with van der Waals surface area (Å²) in [6, 6.07) is 20.3. The third-order valence-corrected chi connectivity index (χ3v) is 4.00. The van der Waals surface area contributed by atoms with Crippen molar-refractivity contribution in [3.8, 4) is 0 Å². The highest BCUT2D eigenvalue weighted by molar-refractivity contribution is 6.73. The van der Waals surface area contributed by atoms with Gasteiger partial charge in [0.05, 0.1) is 0 Å². The molecule has 15 heavy (non-hydrogen) atoms. The highest BCUT2D eigenvalue weighted by atomic mass is 28.3. The first-order chi connectivity index (χ1) is 7.36. The maximum absolute atomic E-state index is 6.15. The Kier molecular flexibility index (Phi) is 3.17. The van der Waals surface area contributed by atoms with Crippen LogP contribution in [0.1, 0.15) is 0 Å². The molecule has 0 aliphatic heterocycles. The fourth-order valence-electron chi connectivity index (χ4n) is 1.46. The van der Waals surface area contributed by atoms with Crippen LogP contribution in [0.4, 0.5) is 5.69 Å². The third-order valence-electron chi connectivity index (χ3n) is 2.25. The number of nitrogens with one attached hydrogen (secondary N) is 1. The SMILES string of the molecule is N[SiH](Nc1ccccc1)c1ccccc1. The lowest BCUT2D eigenvalue weighted by molar-refractivity contribution is 1.61. The predicted molar refractivity (Wildman–Crippen MR) is 67.5 cm³/mol. The minimum absolute atomic E-state index is 1.10. The number of anilines is 1. The van der Waals surface area contributed by atoms with Crippen LogP contribution in [0.25, 0.3) is 0 Å². The monoisotopic (exact) mass is 214 g/mol. The first-order valence-corrected chi connectivity index (χ1v) is 6.80. The largest absolute Gasteiger partial charge is 0.398 e. The molecule has 3 N–H and O–H groups in total. The molecule has 1 atom stereocenters. The zero-order chi connectivity index (χ0) is 10.5. The fourth-order valence-corrected chi connectivity index (χ4v) is 2.81. The maximum Gasteiger partial charge on any atom is 0.244 e. The van der Waals surface area contributed by atoms with E-state index in [4.69, 9.17) is 5.40 Å². The van der Waals surface area contributed by atoms with Crippen LogP contribution < -0.4 is 15.6 Å². The van der Waals surface area contributed by atoms with Crippen molar-refractivity contribution in [1.29, 1.82) is 0 Å². The van der Waals surface area contributed by atoms with E-state index in [0.29, 0.717) is 0 Å². The van der Waals surface area contributed by atoms with Crippen LogP contribution in [-0.4, -0.2) is 9.12 Å². The molecule has 2 rings (SSSR count). The predicted octanol–water partition coefficient (Wildman–Crippen LogP) is 1.18. The molecule has 2 aromatic rings. The lowest BCUT2D eigenvalue weighted by atomic mass is 10.3. The van der Waals surface area contributed by atoms with E-state index in [2.05, 4.69) is 17.1 Å². The van der Waals surface area contributed by atoms with Crippen molar-refractivity contribution in [2.45, 2.75) is 0 Å². The van der Waals surface area contributed by atoms with Gasteiger partial charge in [-0.25, -0.2) is 0 Å². The summed E-state index contributed by atoms with van der Waals surface area (Å²) in [5.41, 5.74) is 1.10. The Morgan fingerprint density at radius 3 is 1.93 bits per heavy atom. The molecule has 0 aromatic heterocycles. The van der Waals surface area contributed by atoms with Gasteiger partial charge in [-0.3, -0.25) is 0 Å². The minimum Gasteiger partial charge on any atom is -0.398 e. The van der Waals surface area contributed by atoms with Gasteiger partial charge in [0.15, 0.2) is 0 Å². The normalized spacial score (nSPS) is 12.1. The lowest BCUT2D eigenvalue weighted by Gasteiger charge is -2.13. The Labute approximate surface area is 91.5 Å². The standard InChI is InChI=1S/C12H14N2Si/c13-15(12-9-5-2-6-10-12)14-11-7-3-1-4-8-11/h1-10,14-15H,13H2. The first kappa shape index (κ1) is 9.95. The summed E-state index contributed by atoms with van der Waals surface area (Å²) in [5.74, 6) is 0. The van der Waals surface area contributed by atoms with E-state index in [1.165, 1.54) is 5.19 Å². The van der Waals surface area contributed by atoms with Gasteiger partial charge in [0.2, 0.25) is 9.12 Å². The van der Waals surface area contributed by atoms with Crippen molar-refractivity contribution in [2.75, 3.05) is 4.98 Å². The number of nitrogens with two attached hydrogens (primary N) is 1. The molecule has 0 radical (unpaired) electrons. The summed E-state index contributed by atoms with van der Waals surface area (Å²) in [5, 5.41) is 7.38. The van der Waals surface area contributed by atoms with Crippen LogP contribution in [0.5, 0.6) is 0 Å². The Bertz CT molecular complexity index is 402. The van der Waals surface area contributed by atoms with E-state index >= 15 is 0 Å². The van der Waals surface area contributed by atoms with Crippen molar-refractivity contribution in [3.63, 3.8) is 0 Å². The number of hydrogen-bond acceptors (Lipinski definition) is 2. The summed E-state index contributed by atoms with van der Waals surface area (Å²) in [4.78, 5) is 3.37. The molecule has 1 unspecified atom stereocenters. The van der Waals surface area contributed by atoms with Crippen molar-refractivity contribution < 1.29 is 0 Å². The molecular weight excluding hydrogens is 200 g/mol. The summed E-state index contributed by atoms with van der Waals surface area (Å²) in [6.07, 6.45) is 0. The third kappa shape index (κ3) is 2.68. The second kappa shape index (κ2) is 4.77. The fraction of sp³-hybridized carbons (Fsp3) is 0. The van der Waals surface area contributed by atoms with Gasteiger partial charge in [-0.05, 0) is 17.3 Å². The molecule has 0 saturated carbocycles. The lowest BCUT2D eigenvalue weighted by Crippen LogP contribution is -2.47. The Morgan fingerprint density at radius 2 is 1.33 bits per heavy atom. The van der Waals surface area contributed by atoms with Crippen LogP contribution >= 0.6 is 0 Å². The maximum atomic E-state index is 6.15. The summed E-state index contributed by atoms with van der Waals surface area (Å²) in [6.45, 7) is 0. The number of benzene rings is 2. The number of para-hydroxylation sites is 1. The molecule has 0 aliphatic carbocycles. The highest BCUT2D eigenvalue weighted by Gasteiger charge is 2.06. The van der Waals surface area contributed by atoms with Gasteiger partial charge in [-0.2, -0.15) is 0 Å². The highest BCUT2D eigenvalue weighted by Crippen LogP contribution is 2.04. The second-order valence-electron chi connectivity index (χ2n) is 3.40. The molecule has 0 saturated heterocycles. The Hall–Kier alpha value is -1.58. The van der Waals surface area contributed by atoms with Gasteiger partial charge in [0, 0.05) is 5.69 Å². The molecule has 2 aromatic carbocycles. The second-order valence-corrected chi connectivity index (χ2v) is 5.31. The summed E-state index contributed by atoms with van der Waals surface area (Å²) < 4.78 is 0. The molecule has 0 spiro atoms. The molecule has 0 fully saturated rings. The Morgan fingerprint density at radius 1 is 0.800 bits per heavy atom. The molecule has 0 bridgehead atoms. The van der Waals surface area contributed by atoms with E-state index in [9.17, 15) is 0 Å². The van der Waals surface area contributed by atoms with Gasteiger partial charge in [-0.1, -0.05) is 48.5 Å². The zero-order valence-corrected chi connectivity index (χ0v) is 9.58. The van der Waals surface area contributed by atoms with Gasteiger partial charge < -0.3 is 10.4 Å². The molecule has 76 valence electrons. The number of rotatable bonds is 3. The smallest absolute Gasteiger partial charge is 0.244 e. The summed E-state index contributed by atoms with van der Waals surface area (Å²) >= 11 is 0. The quantitative estimate of drug-likeness (QED) is 0.753. The van der Waals surface area contributed by atoms with E-state index in [1.54, 1.807) is 0 Å². The first-order valence-electron chi connectivity index (χ1n) is 4.98. The van der Waals surface area contributed by atoms with Crippen molar-refractivity contribution in [2.24, 2.45) is 5.40 Å².